The second-order valence-corrected chi connectivity index (χ2v) is 12.4. The molecule has 0 aromatic heterocycles. The van der Waals surface area contributed by atoms with Crippen molar-refractivity contribution in [1.29, 1.82) is 5.26 Å². The standard InChI is InChI=1S/C34H35ClF2N2O7/c1-33(2,3)46-32(41)39-19-34(21-9-5-4-6-10-21)31(40)27-24(45-34)17-22(36)29(35)28(27)26-20(18-38)12-13-23(30(26)37)42-15-16-44-25-11-7-8-14-43-25/h4-6,9-10,12-13,17,25,31,40H,7-8,11,14-16,19H2,1-3H3,(H,39,41)/t25?,31-,34+/m0/s1. The summed E-state index contributed by atoms with van der Waals surface area (Å²) in [6.45, 7) is 5.47. The maximum absolute atomic E-state index is 16.3. The average Bonchev–Trinajstić information content (AvgIpc) is 3.31. The van der Waals surface area contributed by atoms with Crippen LogP contribution in [-0.2, 0) is 19.8 Å². The Balaban J connectivity index is 1.53. The first-order valence-corrected chi connectivity index (χ1v) is 15.3. The van der Waals surface area contributed by atoms with Crippen LogP contribution in [0.15, 0.2) is 48.5 Å². The zero-order valence-electron chi connectivity index (χ0n) is 25.7. The Labute approximate surface area is 270 Å². The number of halogens is 3. The van der Waals surface area contributed by atoms with E-state index in [2.05, 4.69) is 5.32 Å². The average molecular weight is 657 g/mol. The summed E-state index contributed by atoms with van der Waals surface area (Å²) < 4.78 is 60.3. The molecule has 244 valence electrons. The number of alkyl carbamates (subject to hydrolysis) is 1. The Bertz CT molecular complexity index is 1620. The highest BCUT2D eigenvalue weighted by Gasteiger charge is 2.52. The van der Waals surface area contributed by atoms with Gasteiger partial charge in [0.25, 0.3) is 0 Å². The van der Waals surface area contributed by atoms with Gasteiger partial charge in [-0.2, -0.15) is 5.26 Å². The van der Waals surface area contributed by atoms with Gasteiger partial charge in [-0.15, -0.1) is 0 Å². The molecule has 1 fully saturated rings. The third-order valence-corrected chi connectivity index (χ3v) is 8.01. The molecule has 2 heterocycles. The van der Waals surface area contributed by atoms with Gasteiger partial charge in [0.2, 0.25) is 0 Å². The smallest absolute Gasteiger partial charge is 0.407 e. The van der Waals surface area contributed by atoms with Gasteiger partial charge in [-0.3, -0.25) is 0 Å². The molecule has 0 aliphatic carbocycles. The Morgan fingerprint density at radius 1 is 1.15 bits per heavy atom. The monoisotopic (exact) mass is 656 g/mol. The lowest BCUT2D eigenvalue weighted by Gasteiger charge is -2.33. The van der Waals surface area contributed by atoms with Crippen molar-refractivity contribution in [3.8, 4) is 28.7 Å². The number of rotatable bonds is 9. The fourth-order valence-electron chi connectivity index (χ4n) is 5.57. The minimum atomic E-state index is -1.71. The normalized spacial score (nSPS) is 20.7. The number of nitriles is 1. The predicted molar refractivity (Wildman–Crippen MR) is 165 cm³/mol. The molecular weight excluding hydrogens is 622 g/mol. The Morgan fingerprint density at radius 2 is 1.91 bits per heavy atom. The van der Waals surface area contributed by atoms with Crippen LogP contribution in [0.1, 0.15) is 62.8 Å². The van der Waals surface area contributed by atoms with Crippen LogP contribution in [0.25, 0.3) is 11.1 Å². The molecule has 0 spiro atoms. The fraction of sp³-hybridized carbons (Fsp3) is 0.412. The first-order valence-electron chi connectivity index (χ1n) is 15.0. The topological polar surface area (TPSA) is 119 Å². The summed E-state index contributed by atoms with van der Waals surface area (Å²) >= 11 is 6.50. The summed E-state index contributed by atoms with van der Waals surface area (Å²) in [7, 11) is 0. The van der Waals surface area contributed by atoms with Crippen molar-refractivity contribution in [2.24, 2.45) is 0 Å². The number of benzene rings is 3. The first kappa shape index (κ1) is 33.4. The van der Waals surface area contributed by atoms with Crippen LogP contribution in [0.5, 0.6) is 11.5 Å². The lowest BCUT2D eigenvalue weighted by Crippen LogP contribution is -2.47. The molecule has 0 radical (unpaired) electrons. The molecule has 3 atom stereocenters. The molecule has 1 unspecified atom stereocenters. The van der Waals surface area contributed by atoms with Crippen molar-refractivity contribution in [3.05, 3.63) is 81.9 Å². The number of amides is 1. The summed E-state index contributed by atoms with van der Waals surface area (Å²) in [5, 5.41) is 24.1. The lowest BCUT2D eigenvalue weighted by atomic mass is 9.83. The number of nitrogens with one attached hydrogen (secondary N) is 1. The quantitative estimate of drug-likeness (QED) is 0.238. The van der Waals surface area contributed by atoms with Crippen molar-refractivity contribution in [2.75, 3.05) is 26.4 Å². The van der Waals surface area contributed by atoms with Crippen LogP contribution in [0.2, 0.25) is 5.02 Å². The van der Waals surface area contributed by atoms with E-state index >= 15 is 8.78 Å². The largest absolute Gasteiger partial charge is 0.488 e. The second kappa shape index (κ2) is 13.8. The van der Waals surface area contributed by atoms with Crippen molar-refractivity contribution < 1.29 is 42.4 Å². The van der Waals surface area contributed by atoms with Crippen molar-refractivity contribution in [1.82, 2.24) is 5.32 Å². The molecule has 2 N–H and O–H groups in total. The van der Waals surface area contributed by atoms with Gasteiger partial charge in [0, 0.05) is 34.9 Å². The van der Waals surface area contributed by atoms with Crippen molar-refractivity contribution in [2.45, 2.75) is 63.6 Å². The Morgan fingerprint density at radius 3 is 2.59 bits per heavy atom. The molecule has 3 aromatic rings. The van der Waals surface area contributed by atoms with E-state index in [0.717, 1.165) is 25.3 Å². The number of nitrogens with zero attached hydrogens (tertiary/aromatic N) is 1. The van der Waals surface area contributed by atoms with Crippen LogP contribution in [-0.4, -0.2) is 49.5 Å². The van der Waals surface area contributed by atoms with Crippen LogP contribution < -0.4 is 14.8 Å². The van der Waals surface area contributed by atoms with E-state index in [4.69, 9.17) is 35.3 Å². The van der Waals surface area contributed by atoms with Gasteiger partial charge in [-0.05, 0) is 52.2 Å². The maximum atomic E-state index is 16.3. The fourth-order valence-corrected chi connectivity index (χ4v) is 5.82. The molecule has 1 amide bonds. The summed E-state index contributed by atoms with van der Waals surface area (Å²) in [5.74, 6) is -2.33. The van der Waals surface area contributed by atoms with Crippen molar-refractivity contribution in [3.63, 3.8) is 0 Å². The number of fused-ring (bicyclic) bond motifs is 1. The molecular formula is C34H35ClF2N2O7. The third kappa shape index (κ3) is 6.90. The van der Waals surface area contributed by atoms with E-state index in [1.807, 2.05) is 6.07 Å². The van der Waals surface area contributed by atoms with E-state index in [1.54, 1.807) is 51.1 Å². The molecule has 0 bridgehead atoms. The molecule has 3 aromatic carbocycles. The highest BCUT2D eigenvalue weighted by atomic mass is 35.5. The van der Waals surface area contributed by atoms with Crippen LogP contribution >= 0.6 is 11.6 Å². The zero-order valence-corrected chi connectivity index (χ0v) is 26.5. The van der Waals surface area contributed by atoms with Gasteiger partial charge in [0.05, 0.1) is 29.8 Å². The minimum absolute atomic E-state index is 0.0314. The van der Waals surface area contributed by atoms with Gasteiger partial charge < -0.3 is 34.1 Å². The van der Waals surface area contributed by atoms with E-state index < -0.39 is 40.1 Å². The molecule has 46 heavy (non-hydrogen) atoms. The minimum Gasteiger partial charge on any atom is -0.488 e. The molecule has 1 saturated heterocycles. The van der Waals surface area contributed by atoms with Gasteiger partial charge in [0.1, 0.15) is 29.9 Å². The number of carbonyl (C=O) groups is 1. The van der Waals surface area contributed by atoms with Crippen LogP contribution in [0.4, 0.5) is 13.6 Å². The summed E-state index contributed by atoms with van der Waals surface area (Å²) in [6, 6.07) is 14.0. The number of ether oxygens (including phenoxy) is 5. The lowest BCUT2D eigenvalue weighted by molar-refractivity contribution is -0.165. The Kier molecular flexibility index (Phi) is 10.0. The summed E-state index contributed by atoms with van der Waals surface area (Å²) in [6.07, 6.45) is -0.0536. The number of aliphatic hydroxyl groups is 1. The van der Waals surface area contributed by atoms with Gasteiger partial charge >= 0.3 is 6.09 Å². The molecule has 2 aliphatic rings. The van der Waals surface area contributed by atoms with Gasteiger partial charge in [-0.25, -0.2) is 13.6 Å². The number of carbonyl (C=O) groups excluding carboxylic acids is 1. The van der Waals surface area contributed by atoms with Gasteiger partial charge in [0.15, 0.2) is 23.5 Å². The SMILES string of the molecule is CC(C)(C)OC(=O)NC[C@]1(c2ccccc2)Oc2cc(F)c(Cl)c(-c3c(C#N)ccc(OCCOC4CCCCO4)c3F)c2[C@@H]1O. The zero-order chi connectivity index (χ0) is 33.1. The predicted octanol–water partition coefficient (Wildman–Crippen LogP) is 6.92. The third-order valence-electron chi connectivity index (χ3n) is 7.65. The first-order chi connectivity index (χ1) is 21.9. The number of hydrogen-bond acceptors (Lipinski definition) is 8. The van der Waals surface area contributed by atoms with Crippen molar-refractivity contribution >= 4 is 17.7 Å². The van der Waals surface area contributed by atoms with E-state index in [-0.39, 0.29) is 59.8 Å². The second-order valence-electron chi connectivity index (χ2n) is 12.0. The number of aliphatic hydroxyl groups excluding tert-OH is 1. The molecule has 9 nitrogen and oxygen atoms in total. The Hall–Kier alpha value is -3.95. The highest BCUT2D eigenvalue weighted by molar-refractivity contribution is 6.34. The highest BCUT2D eigenvalue weighted by Crippen LogP contribution is 2.55. The van der Waals surface area contributed by atoms with Crippen LogP contribution in [0.3, 0.4) is 0 Å². The molecule has 0 saturated carbocycles. The van der Waals surface area contributed by atoms with Crippen LogP contribution in [0, 0.1) is 23.0 Å². The summed E-state index contributed by atoms with van der Waals surface area (Å²) in [5.41, 5.74) is -2.97. The van der Waals surface area contributed by atoms with E-state index in [9.17, 15) is 15.2 Å². The summed E-state index contributed by atoms with van der Waals surface area (Å²) in [4.78, 5) is 12.7. The van der Waals surface area contributed by atoms with E-state index in [1.165, 1.54) is 12.1 Å². The maximum Gasteiger partial charge on any atom is 0.407 e. The molecule has 12 heteroatoms. The van der Waals surface area contributed by atoms with E-state index in [0.29, 0.717) is 12.2 Å². The molecule has 2 aliphatic heterocycles. The van der Waals surface area contributed by atoms with Gasteiger partial charge in [-0.1, -0.05) is 41.9 Å². The molecule has 5 rings (SSSR count). The number of hydrogen-bond donors (Lipinski definition) is 2.